The monoisotopic (exact) mass is 324 g/mol. The highest BCUT2D eigenvalue weighted by Crippen LogP contribution is 2.22. The summed E-state index contributed by atoms with van der Waals surface area (Å²) in [5, 5.41) is 2.92. The molecule has 1 fully saturated rings. The summed E-state index contributed by atoms with van der Waals surface area (Å²) in [5.41, 5.74) is 9.24. The topological polar surface area (TPSA) is 64.4 Å². The van der Waals surface area contributed by atoms with Gasteiger partial charge in [-0.1, -0.05) is 37.1 Å². The third kappa shape index (κ3) is 4.83. The fourth-order valence-corrected chi connectivity index (χ4v) is 2.98. The van der Waals surface area contributed by atoms with Crippen molar-refractivity contribution in [2.24, 2.45) is 0 Å². The van der Waals surface area contributed by atoms with Gasteiger partial charge in [-0.05, 0) is 48.2 Å². The van der Waals surface area contributed by atoms with Crippen LogP contribution in [0.1, 0.15) is 36.8 Å². The van der Waals surface area contributed by atoms with E-state index in [4.69, 9.17) is 10.5 Å². The summed E-state index contributed by atoms with van der Waals surface area (Å²) in [6, 6.07) is 15.2. The van der Waals surface area contributed by atoms with Crippen molar-refractivity contribution in [1.82, 2.24) is 0 Å². The Morgan fingerprint density at radius 3 is 2.29 bits per heavy atom. The van der Waals surface area contributed by atoms with Crippen molar-refractivity contribution in [1.29, 1.82) is 0 Å². The Bertz CT molecular complexity index is 659. The Morgan fingerprint density at radius 1 is 1.00 bits per heavy atom. The SMILES string of the molecule is Nc1ccc(CC(=O)Nc2ccc(COC3CCCC3)cc2)cc1. The number of nitrogens with two attached hydrogens (primary N) is 1. The lowest BCUT2D eigenvalue weighted by molar-refractivity contribution is -0.115. The number of benzene rings is 2. The first-order valence-electron chi connectivity index (χ1n) is 8.54. The van der Waals surface area contributed by atoms with Gasteiger partial charge in [-0.3, -0.25) is 4.79 Å². The third-order valence-electron chi connectivity index (χ3n) is 4.37. The van der Waals surface area contributed by atoms with Crippen LogP contribution in [0.3, 0.4) is 0 Å². The first-order valence-corrected chi connectivity index (χ1v) is 8.54. The maximum atomic E-state index is 12.1. The Morgan fingerprint density at radius 2 is 1.62 bits per heavy atom. The summed E-state index contributed by atoms with van der Waals surface area (Å²) in [6.07, 6.45) is 5.68. The molecule has 0 spiro atoms. The minimum Gasteiger partial charge on any atom is -0.399 e. The van der Waals surface area contributed by atoms with Crippen LogP contribution in [0.2, 0.25) is 0 Å². The number of amides is 1. The van der Waals surface area contributed by atoms with Gasteiger partial charge in [-0.2, -0.15) is 0 Å². The van der Waals surface area contributed by atoms with E-state index in [9.17, 15) is 4.79 Å². The fraction of sp³-hybridized carbons (Fsp3) is 0.350. The van der Waals surface area contributed by atoms with Crippen molar-refractivity contribution in [3.63, 3.8) is 0 Å². The Kier molecular flexibility index (Phi) is 5.49. The van der Waals surface area contributed by atoms with E-state index in [0.29, 0.717) is 24.8 Å². The summed E-state index contributed by atoms with van der Waals surface area (Å²) >= 11 is 0. The maximum Gasteiger partial charge on any atom is 0.228 e. The van der Waals surface area contributed by atoms with Gasteiger partial charge in [0, 0.05) is 11.4 Å². The maximum absolute atomic E-state index is 12.1. The van der Waals surface area contributed by atoms with Gasteiger partial charge < -0.3 is 15.8 Å². The minimum atomic E-state index is -0.0327. The third-order valence-corrected chi connectivity index (χ3v) is 4.37. The van der Waals surface area contributed by atoms with Crippen LogP contribution < -0.4 is 11.1 Å². The zero-order chi connectivity index (χ0) is 16.8. The van der Waals surface area contributed by atoms with E-state index in [-0.39, 0.29) is 5.91 Å². The Balaban J connectivity index is 1.47. The molecule has 1 aliphatic rings. The summed E-state index contributed by atoms with van der Waals surface area (Å²) in [5.74, 6) is -0.0327. The van der Waals surface area contributed by atoms with Crippen molar-refractivity contribution >= 4 is 17.3 Å². The molecule has 4 heteroatoms. The summed E-state index contributed by atoms with van der Waals surface area (Å²) in [7, 11) is 0. The molecule has 0 atom stereocenters. The quantitative estimate of drug-likeness (QED) is 0.792. The molecule has 3 N–H and O–H groups in total. The summed E-state index contributed by atoms with van der Waals surface area (Å²) in [6.45, 7) is 0.643. The average Bonchev–Trinajstić information content (AvgIpc) is 3.10. The van der Waals surface area contributed by atoms with Gasteiger partial charge in [0.15, 0.2) is 0 Å². The van der Waals surface area contributed by atoms with Crippen LogP contribution in [-0.2, 0) is 22.6 Å². The zero-order valence-corrected chi connectivity index (χ0v) is 13.8. The molecule has 0 bridgehead atoms. The number of carbonyl (C=O) groups is 1. The largest absolute Gasteiger partial charge is 0.399 e. The van der Waals surface area contributed by atoms with Crippen molar-refractivity contribution in [3.05, 3.63) is 59.7 Å². The number of hydrogen-bond acceptors (Lipinski definition) is 3. The van der Waals surface area contributed by atoms with Crippen LogP contribution in [0.4, 0.5) is 11.4 Å². The van der Waals surface area contributed by atoms with Gasteiger partial charge >= 0.3 is 0 Å². The van der Waals surface area contributed by atoms with Gasteiger partial charge in [0.1, 0.15) is 0 Å². The van der Waals surface area contributed by atoms with E-state index < -0.39 is 0 Å². The molecule has 0 aromatic heterocycles. The highest BCUT2D eigenvalue weighted by Gasteiger charge is 2.15. The minimum absolute atomic E-state index is 0.0327. The van der Waals surface area contributed by atoms with Crippen molar-refractivity contribution in [3.8, 4) is 0 Å². The summed E-state index contributed by atoms with van der Waals surface area (Å²) < 4.78 is 5.90. The molecule has 1 aliphatic carbocycles. The average molecular weight is 324 g/mol. The van der Waals surface area contributed by atoms with Crippen LogP contribution in [0, 0.1) is 0 Å². The predicted octanol–water partition coefficient (Wildman–Crippen LogP) is 3.91. The molecule has 0 saturated heterocycles. The van der Waals surface area contributed by atoms with E-state index in [1.54, 1.807) is 0 Å². The number of ether oxygens (including phenoxy) is 1. The zero-order valence-electron chi connectivity index (χ0n) is 13.8. The molecular weight excluding hydrogens is 300 g/mol. The number of anilines is 2. The molecule has 3 rings (SSSR count). The van der Waals surface area contributed by atoms with E-state index in [2.05, 4.69) is 5.32 Å². The van der Waals surface area contributed by atoms with E-state index in [1.807, 2.05) is 48.5 Å². The second kappa shape index (κ2) is 7.97. The van der Waals surface area contributed by atoms with Crippen LogP contribution in [0.5, 0.6) is 0 Å². The summed E-state index contributed by atoms with van der Waals surface area (Å²) in [4.78, 5) is 12.1. The predicted molar refractivity (Wildman–Crippen MR) is 96.7 cm³/mol. The molecule has 24 heavy (non-hydrogen) atoms. The molecular formula is C20H24N2O2. The number of nitrogen functional groups attached to an aromatic ring is 1. The second-order valence-corrected chi connectivity index (χ2v) is 6.38. The second-order valence-electron chi connectivity index (χ2n) is 6.38. The van der Waals surface area contributed by atoms with Gasteiger partial charge in [0.25, 0.3) is 0 Å². The number of carbonyl (C=O) groups excluding carboxylic acids is 1. The van der Waals surface area contributed by atoms with Crippen LogP contribution in [-0.4, -0.2) is 12.0 Å². The lowest BCUT2D eigenvalue weighted by Gasteiger charge is -2.11. The smallest absolute Gasteiger partial charge is 0.228 e. The van der Waals surface area contributed by atoms with Crippen LogP contribution >= 0.6 is 0 Å². The molecule has 2 aromatic carbocycles. The highest BCUT2D eigenvalue weighted by molar-refractivity contribution is 5.92. The lowest BCUT2D eigenvalue weighted by Crippen LogP contribution is -2.14. The van der Waals surface area contributed by atoms with Crippen LogP contribution in [0.15, 0.2) is 48.5 Å². The molecule has 2 aromatic rings. The molecule has 0 aliphatic heterocycles. The normalized spacial score (nSPS) is 14.7. The van der Waals surface area contributed by atoms with Crippen molar-refractivity contribution in [2.45, 2.75) is 44.8 Å². The van der Waals surface area contributed by atoms with Crippen molar-refractivity contribution < 1.29 is 9.53 Å². The number of hydrogen-bond donors (Lipinski definition) is 2. The standard InChI is InChI=1S/C20H24N2O2/c21-17-9-5-15(6-10-17)13-20(23)22-18-11-7-16(8-12-18)14-24-19-3-1-2-4-19/h5-12,19H,1-4,13-14,21H2,(H,22,23). The Hall–Kier alpha value is -2.33. The van der Waals surface area contributed by atoms with Gasteiger partial charge in [0.05, 0.1) is 19.1 Å². The van der Waals surface area contributed by atoms with Crippen LogP contribution in [0.25, 0.3) is 0 Å². The number of rotatable bonds is 6. The lowest BCUT2D eigenvalue weighted by atomic mass is 10.1. The van der Waals surface area contributed by atoms with Gasteiger partial charge in [-0.15, -0.1) is 0 Å². The van der Waals surface area contributed by atoms with E-state index >= 15 is 0 Å². The van der Waals surface area contributed by atoms with Gasteiger partial charge in [0.2, 0.25) is 5.91 Å². The molecule has 0 heterocycles. The molecule has 126 valence electrons. The number of nitrogens with one attached hydrogen (secondary N) is 1. The molecule has 0 radical (unpaired) electrons. The Labute approximate surface area is 143 Å². The van der Waals surface area contributed by atoms with Gasteiger partial charge in [-0.25, -0.2) is 0 Å². The molecule has 1 saturated carbocycles. The molecule has 4 nitrogen and oxygen atoms in total. The first kappa shape index (κ1) is 16.5. The molecule has 1 amide bonds. The molecule has 0 unspecified atom stereocenters. The highest BCUT2D eigenvalue weighted by atomic mass is 16.5. The first-order chi connectivity index (χ1) is 11.7. The van der Waals surface area contributed by atoms with E-state index in [0.717, 1.165) is 16.8 Å². The van der Waals surface area contributed by atoms with Crippen molar-refractivity contribution in [2.75, 3.05) is 11.1 Å². The van der Waals surface area contributed by atoms with E-state index in [1.165, 1.54) is 25.7 Å². The fourth-order valence-electron chi connectivity index (χ4n) is 2.98.